The molecule has 4 nitrogen and oxygen atoms in total. The molecule has 0 bridgehead atoms. The van der Waals surface area contributed by atoms with Crippen molar-refractivity contribution in [2.75, 3.05) is 13.1 Å². The summed E-state index contributed by atoms with van der Waals surface area (Å²) in [5, 5.41) is 2.90. The van der Waals surface area contributed by atoms with E-state index in [-0.39, 0.29) is 10.6 Å². The highest BCUT2D eigenvalue weighted by Crippen LogP contribution is 2.19. The van der Waals surface area contributed by atoms with Crippen LogP contribution in [-0.2, 0) is 22.4 Å². The zero-order chi connectivity index (χ0) is 25.7. The predicted octanol–water partition coefficient (Wildman–Crippen LogP) is 6.40. The SMILES string of the molecule is CC(C)(Br)C(=O)Br.Cc1ccc(CCN)cc1.Cc1ccc(CCNC(=O)C(C)(C)Br)cc1. The second-order valence-corrected chi connectivity index (χ2v) is 13.4. The lowest BCUT2D eigenvalue weighted by Gasteiger charge is -2.15. The fourth-order valence-corrected chi connectivity index (χ4v) is 2.35. The second kappa shape index (κ2) is 15.8. The van der Waals surface area contributed by atoms with Crippen LogP contribution in [0.2, 0.25) is 0 Å². The van der Waals surface area contributed by atoms with E-state index in [1.807, 2.05) is 13.8 Å². The molecular weight excluding hydrogens is 612 g/mol. The van der Waals surface area contributed by atoms with Gasteiger partial charge in [-0.25, -0.2) is 0 Å². The minimum absolute atomic E-state index is 0.0274. The standard InChI is InChI=1S/C13H18BrNO.C9H13N.C4H6Br2O/c1-10-4-6-11(7-5-10)8-9-15-12(16)13(2,3)14;1-8-2-4-9(5-3-8)6-7-10;1-4(2,6)3(5)7/h4-7H,8-9H2,1-3H3,(H,15,16);2-5H,6-7,10H2,1H3;1-2H3. The Morgan fingerprint density at radius 2 is 1.15 bits per heavy atom. The first-order valence-corrected chi connectivity index (χ1v) is 13.2. The zero-order valence-electron chi connectivity index (χ0n) is 20.5. The molecule has 1 amide bonds. The highest BCUT2D eigenvalue weighted by atomic mass is 79.9. The summed E-state index contributed by atoms with van der Waals surface area (Å²) in [6, 6.07) is 16.9. The number of carbonyl (C=O) groups excluding carboxylic acids is 2. The molecule has 0 heterocycles. The molecule has 2 rings (SSSR count). The van der Waals surface area contributed by atoms with Gasteiger partial charge in [-0.2, -0.15) is 0 Å². The van der Waals surface area contributed by atoms with Gasteiger partial charge in [0.25, 0.3) is 0 Å². The average molecular weight is 649 g/mol. The Morgan fingerprint density at radius 3 is 1.45 bits per heavy atom. The van der Waals surface area contributed by atoms with Gasteiger partial charge in [-0.15, -0.1) is 0 Å². The summed E-state index contributed by atoms with van der Waals surface area (Å²) in [4.78, 5) is 21.9. The van der Waals surface area contributed by atoms with Crippen LogP contribution in [0.5, 0.6) is 0 Å². The van der Waals surface area contributed by atoms with Crippen LogP contribution in [0.3, 0.4) is 0 Å². The zero-order valence-corrected chi connectivity index (χ0v) is 25.2. The van der Waals surface area contributed by atoms with Crippen LogP contribution in [0.1, 0.15) is 49.9 Å². The molecule has 0 radical (unpaired) electrons. The van der Waals surface area contributed by atoms with Crippen molar-refractivity contribution < 1.29 is 9.59 Å². The van der Waals surface area contributed by atoms with Crippen LogP contribution in [0.25, 0.3) is 0 Å². The molecule has 184 valence electrons. The van der Waals surface area contributed by atoms with Crippen LogP contribution in [0.4, 0.5) is 0 Å². The van der Waals surface area contributed by atoms with Gasteiger partial charge in [0.2, 0.25) is 10.6 Å². The van der Waals surface area contributed by atoms with Crippen molar-refractivity contribution >= 4 is 58.4 Å². The fourth-order valence-electron chi connectivity index (χ4n) is 2.21. The van der Waals surface area contributed by atoms with E-state index < -0.39 is 8.65 Å². The summed E-state index contributed by atoms with van der Waals surface area (Å²) < 4.78 is -0.923. The van der Waals surface area contributed by atoms with Gasteiger partial charge in [0, 0.05) is 6.54 Å². The number of carbonyl (C=O) groups is 2. The number of hydrogen-bond donors (Lipinski definition) is 2. The highest BCUT2D eigenvalue weighted by molar-refractivity contribution is 9.20. The maximum atomic E-state index is 11.6. The van der Waals surface area contributed by atoms with Gasteiger partial charge >= 0.3 is 0 Å². The van der Waals surface area contributed by atoms with Crippen LogP contribution in [-0.4, -0.2) is 32.3 Å². The largest absolute Gasteiger partial charge is 0.355 e. The summed E-state index contributed by atoms with van der Waals surface area (Å²) in [6.07, 6.45) is 1.86. The number of alkyl halides is 2. The number of aryl methyl sites for hydroxylation is 2. The summed E-state index contributed by atoms with van der Waals surface area (Å²) in [7, 11) is 0. The summed E-state index contributed by atoms with van der Waals surface area (Å²) in [5.74, 6) is 0.0274. The maximum absolute atomic E-state index is 11.6. The molecule has 2 aromatic carbocycles. The molecule has 0 spiro atoms. The van der Waals surface area contributed by atoms with E-state index in [0.29, 0.717) is 6.54 Å². The van der Waals surface area contributed by atoms with Crippen molar-refractivity contribution in [2.24, 2.45) is 5.73 Å². The molecule has 0 aromatic heterocycles. The molecule has 0 aliphatic heterocycles. The molecule has 2 aromatic rings. The summed E-state index contributed by atoms with van der Waals surface area (Å²) >= 11 is 9.28. The normalized spacial score (nSPS) is 10.8. The quantitative estimate of drug-likeness (QED) is 0.270. The van der Waals surface area contributed by atoms with Crippen LogP contribution in [0, 0.1) is 13.8 Å². The Hall–Kier alpha value is -1.02. The van der Waals surface area contributed by atoms with Gasteiger partial charge in [0.1, 0.15) is 0 Å². The van der Waals surface area contributed by atoms with E-state index >= 15 is 0 Å². The molecule has 0 saturated heterocycles. The third-order valence-electron chi connectivity index (χ3n) is 4.38. The van der Waals surface area contributed by atoms with Crippen molar-refractivity contribution in [1.29, 1.82) is 0 Å². The third kappa shape index (κ3) is 16.3. The van der Waals surface area contributed by atoms with E-state index in [1.54, 1.807) is 13.8 Å². The molecule has 3 N–H and O–H groups in total. The Balaban J connectivity index is 0.000000514. The first-order chi connectivity index (χ1) is 15.2. The van der Waals surface area contributed by atoms with E-state index in [1.165, 1.54) is 22.3 Å². The number of nitrogens with one attached hydrogen (secondary N) is 1. The van der Waals surface area contributed by atoms with Gasteiger partial charge in [0.05, 0.1) is 8.65 Å². The maximum Gasteiger partial charge on any atom is 0.236 e. The molecule has 7 heteroatoms. The van der Waals surface area contributed by atoms with Crippen molar-refractivity contribution in [3.05, 3.63) is 70.8 Å². The number of halogens is 3. The fraction of sp³-hybridized carbons (Fsp3) is 0.462. The van der Waals surface area contributed by atoms with Gasteiger partial charge in [-0.1, -0.05) is 91.5 Å². The molecule has 33 heavy (non-hydrogen) atoms. The Morgan fingerprint density at radius 1 is 0.788 bits per heavy atom. The van der Waals surface area contributed by atoms with E-state index in [0.717, 1.165) is 19.4 Å². The lowest BCUT2D eigenvalue weighted by atomic mass is 10.1. The van der Waals surface area contributed by atoms with Crippen LogP contribution >= 0.6 is 47.8 Å². The van der Waals surface area contributed by atoms with E-state index in [9.17, 15) is 9.59 Å². The van der Waals surface area contributed by atoms with Gasteiger partial charge in [-0.3, -0.25) is 9.59 Å². The summed E-state index contributed by atoms with van der Waals surface area (Å²) in [6.45, 7) is 12.8. The smallest absolute Gasteiger partial charge is 0.236 e. The second-order valence-electron chi connectivity index (χ2n) is 8.73. The monoisotopic (exact) mass is 646 g/mol. The van der Waals surface area contributed by atoms with Crippen molar-refractivity contribution in [1.82, 2.24) is 5.32 Å². The summed E-state index contributed by atoms with van der Waals surface area (Å²) in [5.41, 5.74) is 10.5. The van der Waals surface area contributed by atoms with Crippen molar-refractivity contribution in [3.63, 3.8) is 0 Å². The highest BCUT2D eigenvalue weighted by Gasteiger charge is 2.22. The average Bonchev–Trinajstić information content (AvgIpc) is 2.71. The van der Waals surface area contributed by atoms with Gasteiger partial charge in [-0.05, 0) is 88.0 Å². The molecule has 0 aliphatic rings. The van der Waals surface area contributed by atoms with Gasteiger partial charge in [0.15, 0.2) is 0 Å². The third-order valence-corrected chi connectivity index (χ3v) is 6.62. The molecular formula is C26H37Br3N2O2. The molecule has 0 atom stereocenters. The van der Waals surface area contributed by atoms with Gasteiger partial charge < -0.3 is 11.1 Å². The van der Waals surface area contributed by atoms with Crippen molar-refractivity contribution in [3.8, 4) is 0 Å². The first kappa shape index (κ1) is 32.0. The Labute approximate surface area is 224 Å². The first-order valence-electron chi connectivity index (χ1n) is 10.8. The van der Waals surface area contributed by atoms with Crippen LogP contribution in [0.15, 0.2) is 48.5 Å². The molecule has 0 aliphatic carbocycles. The molecule has 0 fully saturated rings. The minimum Gasteiger partial charge on any atom is -0.355 e. The predicted molar refractivity (Wildman–Crippen MR) is 152 cm³/mol. The van der Waals surface area contributed by atoms with Crippen LogP contribution < -0.4 is 11.1 Å². The number of benzene rings is 2. The molecule has 0 unspecified atom stereocenters. The number of hydrogen-bond acceptors (Lipinski definition) is 3. The minimum atomic E-state index is -0.486. The lowest BCUT2D eigenvalue weighted by molar-refractivity contribution is -0.122. The number of nitrogens with two attached hydrogens (primary N) is 1. The molecule has 0 saturated carbocycles. The topological polar surface area (TPSA) is 72.2 Å². The van der Waals surface area contributed by atoms with E-state index in [4.69, 9.17) is 5.73 Å². The number of rotatable bonds is 7. The van der Waals surface area contributed by atoms with Crippen molar-refractivity contribution in [2.45, 2.75) is 63.0 Å². The Bertz CT molecular complexity index is 838. The van der Waals surface area contributed by atoms with E-state index in [2.05, 4.69) is 115 Å². The number of amides is 1. The lowest BCUT2D eigenvalue weighted by Crippen LogP contribution is -2.38. The Kier molecular flexibility index (Phi) is 15.3.